The van der Waals surface area contributed by atoms with Gasteiger partial charge in [-0.05, 0) is 44.4 Å². The van der Waals surface area contributed by atoms with Crippen LogP contribution in [0.4, 0.5) is 19.1 Å². The van der Waals surface area contributed by atoms with E-state index >= 15 is 0 Å². The first-order valence-corrected chi connectivity index (χ1v) is 10.6. The van der Waals surface area contributed by atoms with Crippen LogP contribution in [0.5, 0.6) is 0 Å². The van der Waals surface area contributed by atoms with Crippen molar-refractivity contribution in [1.82, 2.24) is 24.9 Å². The number of hydrogen-bond acceptors (Lipinski definition) is 7. The second-order valence-electron chi connectivity index (χ2n) is 8.54. The Morgan fingerprint density at radius 1 is 1.06 bits per heavy atom. The zero-order chi connectivity index (χ0) is 22.5. The number of fused-ring (bicyclic) bond motifs is 1. The molecule has 2 aliphatic rings. The minimum absolute atomic E-state index is 0.0205. The third-order valence-electron chi connectivity index (χ3n) is 6.17. The Balaban J connectivity index is 1.47. The summed E-state index contributed by atoms with van der Waals surface area (Å²) in [6.07, 6.45) is -0.950. The van der Waals surface area contributed by atoms with Crippen molar-refractivity contribution in [2.24, 2.45) is 5.92 Å². The number of aryl methyl sites for hydroxylation is 2. The van der Waals surface area contributed by atoms with Crippen molar-refractivity contribution < 1.29 is 17.9 Å². The molecule has 1 atom stereocenters. The fraction of sp³-hybridized carbons (Fsp3) is 0.500. The van der Waals surface area contributed by atoms with Gasteiger partial charge < -0.3 is 9.64 Å². The van der Waals surface area contributed by atoms with Gasteiger partial charge in [-0.1, -0.05) is 0 Å². The Morgan fingerprint density at radius 3 is 2.62 bits per heavy atom. The number of rotatable bonds is 3. The number of pyridine rings is 1. The van der Waals surface area contributed by atoms with Crippen LogP contribution in [-0.2, 0) is 4.74 Å². The minimum Gasteiger partial charge on any atom is -0.370 e. The molecule has 4 heterocycles. The van der Waals surface area contributed by atoms with Crippen LogP contribution in [0.2, 0.25) is 0 Å². The van der Waals surface area contributed by atoms with E-state index in [0.29, 0.717) is 48.2 Å². The topological polar surface area (TPSA) is 76.9 Å². The molecule has 10 heteroatoms. The van der Waals surface area contributed by atoms with E-state index in [4.69, 9.17) is 9.72 Å². The Kier molecular flexibility index (Phi) is 5.19. The molecule has 0 spiro atoms. The molecule has 0 bridgehead atoms. The van der Waals surface area contributed by atoms with Crippen molar-refractivity contribution in [2.75, 3.05) is 24.6 Å². The van der Waals surface area contributed by atoms with E-state index in [9.17, 15) is 13.2 Å². The van der Waals surface area contributed by atoms with Crippen LogP contribution < -0.4 is 4.90 Å². The summed E-state index contributed by atoms with van der Waals surface area (Å²) in [6, 6.07) is 3.91. The Hall–Kier alpha value is -2.88. The minimum atomic E-state index is -4.18. The molecule has 0 aromatic carbocycles. The van der Waals surface area contributed by atoms with Crippen molar-refractivity contribution in [3.63, 3.8) is 0 Å². The SMILES string of the molecule is Cc1cc([C@H]2CN(c3nc4nc(C)cnc4c([C@H]4C[C@@H](C(F)(F)F)C4)n3)CCO2)ccn1. The maximum atomic E-state index is 13.1. The molecule has 3 aromatic rings. The summed E-state index contributed by atoms with van der Waals surface area (Å²) < 4.78 is 45.2. The summed E-state index contributed by atoms with van der Waals surface area (Å²) in [5.41, 5.74) is 4.08. The molecule has 0 amide bonds. The lowest BCUT2D eigenvalue weighted by molar-refractivity contribution is -0.197. The zero-order valence-electron chi connectivity index (χ0n) is 17.8. The molecular weight excluding hydrogens is 421 g/mol. The molecule has 3 aromatic heterocycles. The van der Waals surface area contributed by atoms with E-state index < -0.39 is 12.1 Å². The van der Waals surface area contributed by atoms with Gasteiger partial charge in [-0.2, -0.15) is 18.2 Å². The van der Waals surface area contributed by atoms with Gasteiger partial charge in [0.15, 0.2) is 5.65 Å². The number of nitrogens with zero attached hydrogens (tertiary/aromatic N) is 6. The van der Waals surface area contributed by atoms with E-state index in [2.05, 4.69) is 19.9 Å². The average Bonchev–Trinajstić information content (AvgIpc) is 2.71. The lowest BCUT2D eigenvalue weighted by Gasteiger charge is -2.37. The molecular formula is C22H23F3N6O. The third-order valence-corrected chi connectivity index (χ3v) is 6.17. The molecule has 1 saturated carbocycles. The lowest BCUT2D eigenvalue weighted by atomic mass is 9.72. The predicted molar refractivity (Wildman–Crippen MR) is 111 cm³/mol. The number of ether oxygens (including phenoxy) is 1. The first kappa shape index (κ1) is 21.0. The molecule has 0 radical (unpaired) electrons. The van der Waals surface area contributed by atoms with Gasteiger partial charge in [0, 0.05) is 30.6 Å². The van der Waals surface area contributed by atoms with Crippen LogP contribution in [-0.4, -0.2) is 50.8 Å². The summed E-state index contributed by atoms with van der Waals surface area (Å²) in [7, 11) is 0. The number of aromatic nitrogens is 5. The van der Waals surface area contributed by atoms with Gasteiger partial charge in [0.25, 0.3) is 0 Å². The number of halogens is 3. The molecule has 1 saturated heterocycles. The molecule has 168 valence electrons. The highest BCUT2D eigenvalue weighted by atomic mass is 19.4. The number of anilines is 1. The van der Waals surface area contributed by atoms with Gasteiger partial charge >= 0.3 is 6.18 Å². The molecule has 7 nitrogen and oxygen atoms in total. The smallest absolute Gasteiger partial charge is 0.370 e. The van der Waals surface area contributed by atoms with Gasteiger partial charge in [-0.25, -0.2) is 15.0 Å². The van der Waals surface area contributed by atoms with E-state index in [0.717, 1.165) is 11.3 Å². The zero-order valence-corrected chi connectivity index (χ0v) is 17.8. The van der Waals surface area contributed by atoms with Gasteiger partial charge in [0.05, 0.1) is 30.5 Å². The third kappa shape index (κ3) is 3.99. The summed E-state index contributed by atoms with van der Waals surface area (Å²) in [4.78, 5) is 24.5. The van der Waals surface area contributed by atoms with Crippen LogP contribution >= 0.6 is 0 Å². The standard InChI is InChI=1S/C22H23F3N6O/c1-12-7-14(3-4-26-12)17-11-31(5-6-32-17)21-29-18(15-8-16(9-15)22(23,24)25)19-20(30-21)28-13(2)10-27-19/h3-4,7,10,15-17H,5-6,8-9,11H2,1-2H3/t15-,16+,17-/m1/s1. The van der Waals surface area contributed by atoms with Crippen LogP contribution in [0.25, 0.3) is 11.2 Å². The second kappa shape index (κ2) is 7.91. The van der Waals surface area contributed by atoms with Crippen molar-refractivity contribution in [3.05, 3.63) is 47.2 Å². The van der Waals surface area contributed by atoms with E-state index in [1.165, 1.54) is 0 Å². The molecule has 1 aliphatic heterocycles. The Bertz CT molecular complexity index is 1150. The predicted octanol–water partition coefficient (Wildman–Crippen LogP) is 4.07. The maximum absolute atomic E-state index is 13.1. The lowest BCUT2D eigenvalue weighted by Crippen LogP contribution is -2.40. The molecule has 1 aliphatic carbocycles. The number of alkyl halides is 3. The molecule has 5 rings (SSSR count). The van der Waals surface area contributed by atoms with Gasteiger partial charge in [-0.3, -0.25) is 4.98 Å². The molecule has 0 N–H and O–H groups in total. The monoisotopic (exact) mass is 444 g/mol. The Labute approximate surface area is 183 Å². The Morgan fingerprint density at radius 2 is 1.88 bits per heavy atom. The van der Waals surface area contributed by atoms with Gasteiger partial charge in [-0.15, -0.1) is 0 Å². The number of morpholine rings is 1. The van der Waals surface area contributed by atoms with Gasteiger partial charge in [0.1, 0.15) is 11.6 Å². The number of hydrogen-bond donors (Lipinski definition) is 0. The summed E-state index contributed by atoms with van der Waals surface area (Å²) in [5, 5.41) is 0. The highest BCUT2D eigenvalue weighted by Crippen LogP contribution is 2.50. The van der Waals surface area contributed by atoms with Crippen LogP contribution in [0.1, 0.15) is 47.5 Å². The van der Waals surface area contributed by atoms with Crippen LogP contribution in [0.3, 0.4) is 0 Å². The van der Waals surface area contributed by atoms with E-state index in [-0.39, 0.29) is 24.9 Å². The molecule has 0 unspecified atom stereocenters. The highest BCUT2D eigenvalue weighted by molar-refractivity contribution is 5.74. The first-order valence-electron chi connectivity index (χ1n) is 10.6. The average molecular weight is 444 g/mol. The largest absolute Gasteiger partial charge is 0.391 e. The van der Waals surface area contributed by atoms with Gasteiger partial charge in [0.2, 0.25) is 5.95 Å². The second-order valence-corrected chi connectivity index (χ2v) is 8.54. The molecule has 2 fully saturated rings. The summed E-state index contributed by atoms with van der Waals surface area (Å²) in [6.45, 7) is 5.34. The fourth-order valence-corrected chi connectivity index (χ4v) is 4.34. The first-order chi connectivity index (χ1) is 15.3. The van der Waals surface area contributed by atoms with Crippen molar-refractivity contribution >= 4 is 17.1 Å². The summed E-state index contributed by atoms with van der Waals surface area (Å²) in [5.74, 6) is -1.13. The van der Waals surface area contributed by atoms with Crippen molar-refractivity contribution in [2.45, 2.75) is 44.9 Å². The fourth-order valence-electron chi connectivity index (χ4n) is 4.34. The maximum Gasteiger partial charge on any atom is 0.391 e. The quantitative estimate of drug-likeness (QED) is 0.603. The van der Waals surface area contributed by atoms with E-state index in [1.807, 2.05) is 30.9 Å². The van der Waals surface area contributed by atoms with Crippen molar-refractivity contribution in [1.29, 1.82) is 0 Å². The highest BCUT2D eigenvalue weighted by Gasteiger charge is 2.49. The van der Waals surface area contributed by atoms with Crippen LogP contribution in [0, 0.1) is 19.8 Å². The normalized spacial score (nSPS) is 23.9. The molecule has 32 heavy (non-hydrogen) atoms. The van der Waals surface area contributed by atoms with E-state index in [1.54, 1.807) is 12.4 Å². The van der Waals surface area contributed by atoms with Crippen molar-refractivity contribution in [3.8, 4) is 0 Å². The van der Waals surface area contributed by atoms with Crippen LogP contribution in [0.15, 0.2) is 24.5 Å². The summed E-state index contributed by atoms with van der Waals surface area (Å²) >= 11 is 0.